The highest BCUT2D eigenvalue weighted by Gasteiger charge is 2.26. The first-order valence-corrected chi connectivity index (χ1v) is 6.24. The monoisotopic (exact) mass is 326 g/mol. The van der Waals surface area contributed by atoms with Gasteiger partial charge >= 0.3 is 5.97 Å². The molecule has 1 heterocycles. The molecule has 1 aliphatic heterocycles. The van der Waals surface area contributed by atoms with Gasteiger partial charge in [0, 0.05) is 30.4 Å². The van der Waals surface area contributed by atoms with Crippen LogP contribution >= 0.6 is 0 Å². The molecule has 0 radical (unpaired) electrons. The van der Waals surface area contributed by atoms with Crippen LogP contribution in [0.25, 0.3) is 0 Å². The zero-order chi connectivity index (χ0) is 17.1. The Hall–Kier alpha value is -2.97. The van der Waals surface area contributed by atoms with E-state index in [9.17, 15) is 27.6 Å². The van der Waals surface area contributed by atoms with Gasteiger partial charge in [0.2, 0.25) is 0 Å². The molecule has 0 unspecified atom stereocenters. The molecule has 0 bridgehead atoms. The molecule has 0 aliphatic carbocycles. The molecule has 1 aromatic rings. The Morgan fingerprint density at radius 3 is 2.35 bits per heavy atom. The number of aliphatic carboxylic acids is 1. The summed E-state index contributed by atoms with van der Waals surface area (Å²) in [5.74, 6) is -6.60. The first-order chi connectivity index (χ1) is 10.8. The van der Waals surface area contributed by atoms with Crippen molar-refractivity contribution in [2.24, 2.45) is 4.99 Å². The van der Waals surface area contributed by atoms with Crippen LogP contribution in [0.4, 0.5) is 13.2 Å². The largest absolute Gasteiger partial charge is 0.477 e. The molecule has 0 saturated carbocycles. The molecule has 2 rings (SSSR count). The second-order valence-electron chi connectivity index (χ2n) is 4.55. The molecule has 6 nitrogen and oxygen atoms in total. The number of hydrogen-bond acceptors (Lipinski definition) is 4. The average molecular weight is 326 g/mol. The van der Waals surface area contributed by atoms with Crippen LogP contribution in [0.15, 0.2) is 28.9 Å². The molecule has 2 N–H and O–H groups in total. The SMILES string of the molecule is O=C(O)C1=NC=C(C(=O)NCc2c(F)cc(F)cc2F)C(=O)C1. The molecule has 120 valence electrons. The molecular weight excluding hydrogens is 317 g/mol. The van der Waals surface area contributed by atoms with Crippen molar-refractivity contribution < 1.29 is 32.7 Å². The summed E-state index contributed by atoms with van der Waals surface area (Å²) in [5, 5.41) is 10.8. The molecular formula is C14H9F3N2O4. The maximum Gasteiger partial charge on any atom is 0.350 e. The zero-order valence-electron chi connectivity index (χ0n) is 11.4. The maximum atomic E-state index is 13.4. The van der Waals surface area contributed by atoms with Gasteiger partial charge in [-0.1, -0.05) is 0 Å². The van der Waals surface area contributed by atoms with Gasteiger partial charge in [0.1, 0.15) is 28.7 Å². The van der Waals surface area contributed by atoms with Crippen LogP contribution in [0.2, 0.25) is 0 Å². The molecule has 0 saturated heterocycles. The van der Waals surface area contributed by atoms with E-state index in [0.717, 1.165) is 6.20 Å². The highest BCUT2D eigenvalue weighted by atomic mass is 19.1. The normalized spacial score (nSPS) is 14.1. The van der Waals surface area contributed by atoms with Crippen LogP contribution < -0.4 is 5.32 Å². The fourth-order valence-corrected chi connectivity index (χ4v) is 1.83. The van der Waals surface area contributed by atoms with Crippen molar-refractivity contribution in [3.63, 3.8) is 0 Å². The lowest BCUT2D eigenvalue weighted by Crippen LogP contribution is -2.32. The van der Waals surface area contributed by atoms with Gasteiger partial charge in [-0.3, -0.25) is 14.6 Å². The van der Waals surface area contributed by atoms with Crippen molar-refractivity contribution in [3.05, 3.63) is 46.9 Å². The van der Waals surface area contributed by atoms with Gasteiger partial charge in [-0.2, -0.15) is 0 Å². The van der Waals surface area contributed by atoms with E-state index in [2.05, 4.69) is 10.3 Å². The lowest BCUT2D eigenvalue weighted by Gasteiger charge is -2.11. The van der Waals surface area contributed by atoms with E-state index in [1.807, 2.05) is 0 Å². The van der Waals surface area contributed by atoms with Gasteiger partial charge in [0.05, 0.1) is 6.42 Å². The van der Waals surface area contributed by atoms with Gasteiger partial charge in [-0.25, -0.2) is 18.0 Å². The van der Waals surface area contributed by atoms with E-state index >= 15 is 0 Å². The number of benzene rings is 1. The number of nitrogens with zero attached hydrogens (tertiary/aromatic N) is 1. The highest BCUT2D eigenvalue weighted by Crippen LogP contribution is 2.15. The lowest BCUT2D eigenvalue weighted by molar-refractivity contribution is -0.130. The van der Waals surface area contributed by atoms with E-state index in [1.165, 1.54) is 0 Å². The number of hydrogen-bond donors (Lipinski definition) is 2. The van der Waals surface area contributed by atoms with Crippen LogP contribution in [0, 0.1) is 17.5 Å². The van der Waals surface area contributed by atoms with Gasteiger partial charge in [0.15, 0.2) is 5.78 Å². The van der Waals surface area contributed by atoms with Crippen LogP contribution in [0.3, 0.4) is 0 Å². The van der Waals surface area contributed by atoms with Crippen LogP contribution in [-0.4, -0.2) is 28.5 Å². The first-order valence-electron chi connectivity index (χ1n) is 6.24. The minimum absolute atomic E-state index is 0.415. The summed E-state index contributed by atoms with van der Waals surface area (Å²) in [5.41, 5.74) is -1.42. The number of carbonyl (C=O) groups excluding carboxylic acids is 2. The number of nitrogens with one attached hydrogen (secondary N) is 1. The van der Waals surface area contributed by atoms with Crippen LogP contribution in [0.1, 0.15) is 12.0 Å². The van der Waals surface area contributed by atoms with E-state index in [4.69, 9.17) is 5.11 Å². The second-order valence-corrected chi connectivity index (χ2v) is 4.55. The van der Waals surface area contributed by atoms with Crippen molar-refractivity contribution in [2.45, 2.75) is 13.0 Å². The number of Topliss-reactive ketones (excluding diaryl/α,β-unsaturated/α-hetero) is 1. The molecule has 1 aromatic carbocycles. The number of carboxylic acid groups (broad SMARTS) is 1. The lowest BCUT2D eigenvalue weighted by atomic mass is 10.0. The summed E-state index contributed by atoms with van der Waals surface area (Å²) in [6, 6.07) is 0.915. The third kappa shape index (κ3) is 3.62. The number of amides is 1. The average Bonchev–Trinajstić information content (AvgIpc) is 2.45. The third-order valence-corrected chi connectivity index (χ3v) is 3.00. The Morgan fingerprint density at radius 1 is 1.22 bits per heavy atom. The topological polar surface area (TPSA) is 95.8 Å². The van der Waals surface area contributed by atoms with E-state index in [1.54, 1.807) is 0 Å². The maximum absolute atomic E-state index is 13.4. The minimum atomic E-state index is -1.38. The van der Waals surface area contributed by atoms with Crippen molar-refractivity contribution in [2.75, 3.05) is 0 Å². The van der Waals surface area contributed by atoms with Crippen molar-refractivity contribution in [3.8, 4) is 0 Å². The van der Waals surface area contributed by atoms with E-state index in [-0.39, 0.29) is 0 Å². The minimum Gasteiger partial charge on any atom is -0.477 e. The summed E-state index contributed by atoms with van der Waals surface area (Å²) >= 11 is 0. The zero-order valence-corrected chi connectivity index (χ0v) is 11.4. The summed E-state index contributed by atoms with van der Waals surface area (Å²) in [6.07, 6.45) is 0.218. The van der Waals surface area contributed by atoms with Crippen molar-refractivity contribution >= 4 is 23.4 Å². The van der Waals surface area contributed by atoms with Crippen LogP contribution in [-0.2, 0) is 20.9 Å². The quantitative estimate of drug-likeness (QED) is 0.810. The molecule has 0 aromatic heterocycles. The predicted molar refractivity (Wildman–Crippen MR) is 70.9 cm³/mol. The van der Waals surface area contributed by atoms with E-state index in [0.29, 0.717) is 12.1 Å². The van der Waals surface area contributed by atoms with Gasteiger partial charge in [0.25, 0.3) is 5.91 Å². The van der Waals surface area contributed by atoms with Crippen molar-refractivity contribution in [1.82, 2.24) is 5.32 Å². The van der Waals surface area contributed by atoms with Gasteiger partial charge in [-0.15, -0.1) is 0 Å². The fraction of sp³-hybridized carbons (Fsp3) is 0.143. The molecule has 0 spiro atoms. The number of carboxylic acids is 1. The summed E-state index contributed by atoms with van der Waals surface area (Å²) < 4.78 is 39.6. The fourth-order valence-electron chi connectivity index (χ4n) is 1.83. The molecule has 1 aliphatic rings. The molecule has 23 heavy (non-hydrogen) atoms. The Morgan fingerprint density at radius 2 is 1.83 bits per heavy atom. The smallest absolute Gasteiger partial charge is 0.350 e. The third-order valence-electron chi connectivity index (χ3n) is 3.00. The Kier molecular flexibility index (Phi) is 4.58. The number of aliphatic imine (C=N–C) groups is 1. The summed E-state index contributed by atoms with van der Waals surface area (Å²) in [4.78, 5) is 37.6. The first kappa shape index (κ1) is 16.4. The van der Waals surface area contributed by atoms with Gasteiger partial charge < -0.3 is 10.4 Å². The summed E-state index contributed by atoms with van der Waals surface area (Å²) in [7, 11) is 0. The number of rotatable bonds is 4. The highest BCUT2D eigenvalue weighted by molar-refractivity contribution is 6.42. The molecule has 0 atom stereocenters. The molecule has 9 heteroatoms. The number of halogens is 3. The molecule has 1 amide bonds. The predicted octanol–water partition coefficient (Wildman–Crippen LogP) is 1.10. The standard InChI is InChI=1S/C14H9F3N2O4/c15-6-1-9(16)7(10(17)2-6)4-19-13(21)8-5-18-11(14(22)23)3-12(8)20/h1-2,5H,3-4H2,(H,19,21)(H,22,23). The number of carbonyl (C=O) groups is 3. The van der Waals surface area contributed by atoms with Gasteiger partial charge in [-0.05, 0) is 0 Å². The Labute approximate surface area is 127 Å². The second kappa shape index (κ2) is 6.42. The Bertz CT molecular complexity index is 748. The van der Waals surface area contributed by atoms with Crippen molar-refractivity contribution in [1.29, 1.82) is 0 Å². The summed E-state index contributed by atoms with van der Waals surface area (Å²) in [6.45, 7) is -0.614. The number of ketones is 1. The van der Waals surface area contributed by atoms with Crippen LogP contribution in [0.5, 0.6) is 0 Å². The molecule has 0 fully saturated rings. The Balaban J connectivity index is 2.12. The van der Waals surface area contributed by atoms with E-state index < -0.39 is 64.9 Å².